The van der Waals surface area contributed by atoms with E-state index >= 15 is 0 Å². The largest absolute Gasteiger partial charge is 0.332 e. The summed E-state index contributed by atoms with van der Waals surface area (Å²) in [6.45, 7) is 6.50. The molecular formula is C11H19N5O2S. The van der Waals surface area contributed by atoms with Crippen molar-refractivity contribution in [3.63, 3.8) is 0 Å². The molecule has 3 rings (SSSR count). The molecule has 2 N–H and O–H groups in total. The van der Waals surface area contributed by atoms with Gasteiger partial charge in [-0.2, -0.15) is 4.31 Å². The molecule has 0 unspecified atom stereocenters. The van der Waals surface area contributed by atoms with E-state index in [0.717, 1.165) is 26.2 Å². The molecule has 0 radical (unpaired) electrons. The number of piperazine rings is 1. The molecule has 0 aliphatic carbocycles. The summed E-state index contributed by atoms with van der Waals surface area (Å²) >= 11 is 0. The lowest BCUT2D eigenvalue weighted by atomic mass is 10.1. The number of aromatic amines is 1. The van der Waals surface area contributed by atoms with Crippen molar-refractivity contribution in [1.29, 1.82) is 0 Å². The van der Waals surface area contributed by atoms with Crippen molar-refractivity contribution in [3.8, 4) is 0 Å². The lowest BCUT2D eigenvalue weighted by Crippen LogP contribution is -2.62. The van der Waals surface area contributed by atoms with Gasteiger partial charge in [-0.15, -0.1) is 0 Å². The zero-order valence-electron chi connectivity index (χ0n) is 11.0. The Morgan fingerprint density at radius 1 is 1.26 bits per heavy atom. The first-order valence-corrected chi connectivity index (χ1v) is 7.98. The summed E-state index contributed by atoms with van der Waals surface area (Å²) in [6, 6.07) is 0.583. The van der Waals surface area contributed by atoms with Crippen LogP contribution < -0.4 is 5.32 Å². The smallest absolute Gasteiger partial charge is 0.260 e. The summed E-state index contributed by atoms with van der Waals surface area (Å²) in [4.78, 5) is 9.13. The molecule has 1 aromatic rings. The van der Waals surface area contributed by atoms with Crippen LogP contribution in [0.1, 0.15) is 5.82 Å². The summed E-state index contributed by atoms with van der Waals surface area (Å²) in [5.41, 5.74) is 0. The van der Waals surface area contributed by atoms with E-state index in [1.165, 1.54) is 6.20 Å². The maximum atomic E-state index is 12.4. The van der Waals surface area contributed by atoms with Gasteiger partial charge >= 0.3 is 0 Å². The number of sulfonamides is 1. The number of imidazole rings is 1. The van der Waals surface area contributed by atoms with Gasteiger partial charge in [0, 0.05) is 45.3 Å². The zero-order valence-corrected chi connectivity index (χ0v) is 11.8. The number of nitrogens with zero attached hydrogens (tertiary/aromatic N) is 3. The molecule has 0 bridgehead atoms. The fraction of sp³-hybridized carbons (Fsp3) is 0.727. The second-order valence-electron chi connectivity index (χ2n) is 5.08. The first kappa shape index (κ1) is 13.0. The molecule has 2 aliphatic heterocycles. The molecule has 3 heterocycles. The van der Waals surface area contributed by atoms with Crippen LogP contribution in [0.25, 0.3) is 0 Å². The molecule has 19 heavy (non-hydrogen) atoms. The van der Waals surface area contributed by atoms with Gasteiger partial charge in [-0.25, -0.2) is 13.4 Å². The molecule has 2 fully saturated rings. The van der Waals surface area contributed by atoms with Gasteiger partial charge in [-0.05, 0) is 6.92 Å². The van der Waals surface area contributed by atoms with E-state index in [9.17, 15) is 8.42 Å². The van der Waals surface area contributed by atoms with Crippen molar-refractivity contribution in [3.05, 3.63) is 12.0 Å². The standard InChI is InChI=1S/C11H19N5O2S/c1-9-13-8-11(14-9)19(17,18)16-4-2-15(3-5-16)10-6-12-7-10/h8,10,12H,2-7H2,1H3,(H,13,14). The fourth-order valence-electron chi connectivity index (χ4n) is 2.51. The number of rotatable bonds is 3. The van der Waals surface area contributed by atoms with Crippen molar-refractivity contribution in [2.75, 3.05) is 39.3 Å². The Balaban J connectivity index is 1.67. The maximum Gasteiger partial charge on any atom is 0.260 e. The third-order valence-corrected chi connectivity index (χ3v) is 5.66. The fourth-order valence-corrected chi connectivity index (χ4v) is 3.89. The van der Waals surface area contributed by atoms with Gasteiger partial charge in [-0.3, -0.25) is 4.90 Å². The molecule has 0 atom stereocenters. The van der Waals surface area contributed by atoms with Crippen LogP contribution in [0, 0.1) is 6.92 Å². The molecule has 8 heteroatoms. The lowest BCUT2D eigenvalue weighted by molar-refractivity contribution is 0.103. The average Bonchev–Trinajstić information content (AvgIpc) is 2.75. The Kier molecular flexibility index (Phi) is 3.34. The first-order valence-electron chi connectivity index (χ1n) is 6.54. The minimum atomic E-state index is -3.41. The highest BCUT2D eigenvalue weighted by atomic mass is 32.2. The topological polar surface area (TPSA) is 81.3 Å². The summed E-state index contributed by atoms with van der Waals surface area (Å²) in [5.74, 6) is 0.623. The average molecular weight is 285 g/mol. The minimum Gasteiger partial charge on any atom is -0.332 e. The van der Waals surface area contributed by atoms with Crippen molar-refractivity contribution in [2.45, 2.75) is 18.0 Å². The molecule has 0 amide bonds. The molecule has 2 aliphatic rings. The van der Waals surface area contributed by atoms with E-state index in [2.05, 4.69) is 20.2 Å². The number of aryl methyl sites for hydroxylation is 1. The number of nitrogens with one attached hydrogen (secondary N) is 2. The Bertz CT molecular complexity index is 543. The third-order valence-electron chi connectivity index (χ3n) is 3.85. The summed E-state index contributed by atoms with van der Waals surface area (Å²) in [7, 11) is -3.41. The van der Waals surface area contributed by atoms with Crippen LogP contribution >= 0.6 is 0 Å². The van der Waals surface area contributed by atoms with Crippen molar-refractivity contribution >= 4 is 10.0 Å². The van der Waals surface area contributed by atoms with E-state index in [-0.39, 0.29) is 5.03 Å². The summed E-state index contributed by atoms with van der Waals surface area (Å²) < 4.78 is 26.3. The minimum absolute atomic E-state index is 0.198. The molecular weight excluding hydrogens is 266 g/mol. The zero-order chi connectivity index (χ0) is 13.5. The van der Waals surface area contributed by atoms with E-state index in [0.29, 0.717) is 25.0 Å². The monoisotopic (exact) mass is 285 g/mol. The lowest BCUT2D eigenvalue weighted by Gasteiger charge is -2.42. The van der Waals surface area contributed by atoms with Gasteiger partial charge in [0.05, 0.1) is 6.20 Å². The number of hydrogen-bond donors (Lipinski definition) is 2. The van der Waals surface area contributed by atoms with Crippen LogP contribution in [0.15, 0.2) is 11.2 Å². The Morgan fingerprint density at radius 2 is 1.95 bits per heavy atom. The quantitative estimate of drug-likeness (QED) is 0.744. The van der Waals surface area contributed by atoms with Gasteiger partial charge in [0.15, 0.2) is 5.03 Å². The number of H-pyrrole nitrogens is 1. The third kappa shape index (κ3) is 2.40. The highest BCUT2D eigenvalue weighted by Gasteiger charge is 2.33. The molecule has 2 saturated heterocycles. The van der Waals surface area contributed by atoms with Crippen LogP contribution in [0.3, 0.4) is 0 Å². The van der Waals surface area contributed by atoms with Gasteiger partial charge in [0.2, 0.25) is 0 Å². The molecule has 0 spiro atoms. The van der Waals surface area contributed by atoms with E-state index in [4.69, 9.17) is 0 Å². The van der Waals surface area contributed by atoms with Crippen LogP contribution in [0.2, 0.25) is 0 Å². The highest BCUT2D eigenvalue weighted by molar-refractivity contribution is 7.89. The molecule has 0 aromatic carbocycles. The van der Waals surface area contributed by atoms with E-state index in [1.807, 2.05) is 0 Å². The summed E-state index contributed by atoms with van der Waals surface area (Å²) in [5, 5.41) is 3.44. The number of hydrogen-bond acceptors (Lipinski definition) is 5. The highest BCUT2D eigenvalue weighted by Crippen LogP contribution is 2.17. The normalized spacial score (nSPS) is 23.4. The second-order valence-corrected chi connectivity index (χ2v) is 6.99. The second kappa shape index (κ2) is 4.86. The van der Waals surface area contributed by atoms with Gasteiger partial charge in [0.25, 0.3) is 10.0 Å². The van der Waals surface area contributed by atoms with Crippen LogP contribution in [0.5, 0.6) is 0 Å². The van der Waals surface area contributed by atoms with Crippen molar-refractivity contribution in [2.24, 2.45) is 0 Å². The van der Waals surface area contributed by atoms with Crippen LogP contribution in [-0.4, -0.2) is 72.9 Å². The van der Waals surface area contributed by atoms with Gasteiger partial charge in [0.1, 0.15) is 5.82 Å². The first-order chi connectivity index (χ1) is 9.07. The SMILES string of the molecule is Cc1ncc(S(=O)(=O)N2CCN(C3CNC3)CC2)[nH]1. The van der Waals surface area contributed by atoms with Crippen LogP contribution in [0.4, 0.5) is 0 Å². The van der Waals surface area contributed by atoms with Crippen molar-refractivity contribution in [1.82, 2.24) is 24.5 Å². The van der Waals surface area contributed by atoms with Gasteiger partial charge in [-0.1, -0.05) is 0 Å². The summed E-state index contributed by atoms with van der Waals surface area (Å²) in [6.07, 6.45) is 1.40. The molecule has 7 nitrogen and oxygen atoms in total. The number of aromatic nitrogens is 2. The van der Waals surface area contributed by atoms with Crippen LogP contribution in [-0.2, 0) is 10.0 Å². The Labute approximate surface area is 113 Å². The Morgan fingerprint density at radius 3 is 2.42 bits per heavy atom. The molecule has 1 aromatic heterocycles. The predicted octanol–water partition coefficient (Wildman–Crippen LogP) is -1.00. The maximum absolute atomic E-state index is 12.4. The van der Waals surface area contributed by atoms with E-state index < -0.39 is 10.0 Å². The molecule has 0 saturated carbocycles. The Hall–Kier alpha value is -0.960. The van der Waals surface area contributed by atoms with E-state index in [1.54, 1.807) is 11.2 Å². The van der Waals surface area contributed by atoms with Crippen molar-refractivity contribution < 1.29 is 8.42 Å². The predicted molar refractivity (Wildman–Crippen MR) is 70.3 cm³/mol. The molecule has 106 valence electrons. The van der Waals surface area contributed by atoms with Gasteiger partial charge < -0.3 is 10.3 Å².